The number of hydrogen-bond acceptors (Lipinski definition) is 5. The van der Waals surface area contributed by atoms with Gasteiger partial charge in [0.2, 0.25) is 5.91 Å². The molecule has 1 aliphatic heterocycles. The predicted octanol–water partition coefficient (Wildman–Crippen LogP) is 5.54. The molecular weight excluding hydrogens is 440 g/mol. The highest BCUT2D eigenvalue weighted by molar-refractivity contribution is 5.99. The number of ether oxygens (including phenoxy) is 1. The van der Waals surface area contributed by atoms with Gasteiger partial charge in [0, 0.05) is 18.4 Å². The number of hydrogen-bond donors (Lipinski definition) is 0. The SMILES string of the molecule is CC(C)(C)OC(=O)N1CCC1C(=O)N(Cc1ccc(C2CCCCC2)cn1)c1ccc(C#N)cc1. The number of rotatable bonds is 5. The lowest BCUT2D eigenvalue weighted by Crippen LogP contribution is -2.59. The van der Waals surface area contributed by atoms with Crippen LogP contribution in [0.2, 0.25) is 0 Å². The second-order valence-corrected chi connectivity index (χ2v) is 10.5. The first-order valence-electron chi connectivity index (χ1n) is 12.5. The maximum absolute atomic E-state index is 13.7. The third-order valence-corrected chi connectivity index (χ3v) is 6.75. The van der Waals surface area contributed by atoms with Crippen molar-refractivity contribution in [3.63, 3.8) is 0 Å². The molecule has 2 aliphatic rings. The summed E-state index contributed by atoms with van der Waals surface area (Å²) in [5, 5.41) is 9.17. The highest BCUT2D eigenvalue weighted by atomic mass is 16.6. The van der Waals surface area contributed by atoms with E-state index < -0.39 is 17.7 Å². The first-order valence-corrected chi connectivity index (χ1v) is 12.5. The Balaban J connectivity index is 1.54. The van der Waals surface area contributed by atoms with E-state index in [1.807, 2.05) is 33.0 Å². The molecule has 2 amide bonds. The molecule has 35 heavy (non-hydrogen) atoms. The molecule has 7 heteroatoms. The van der Waals surface area contributed by atoms with Crippen molar-refractivity contribution in [1.29, 1.82) is 5.26 Å². The maximum Gasteiger partial charge on any atom is 0.410 e. The van der Waals surface area contributed by atoms with Crippen LogP contribution < -0.4 is 4.90 Å². The van der Waals surface area contributed by atoms with Gasteiger partial charge in [-0.3, -0.25) is 14.7 Å². The van der Waals surface area contributed by atoms with E-state index >= 15 is 0 Å². The molecule has 1 saturated heterocycles. The largest absolute Gasteiger partial charge is 0.444 e. The number of amides is 2. The van der Waals surface area contributed by atoms with Crippen molar-refractivity contribution in [3.05, 3.63) is 59.4 Å². The van der Waals surface area contributed by atoms with E-state index in [4.69, 9.17) is 4.74 Å². The van der Waals surface area contributed by atoms with Crippen molar-refractivity contribution in [2.75, 3.05) is 11.4 Å². The van der Waals surface area contributed by atoms with E-state index in [-0.39, 0.29) is 12.5 Å². The fourth-order valence-electron chi connectivity index (χ4n) is 4.74. The molecule has 2 aromatic rings. The topological polar surface area (TPSA) is 86.5 Å². The summed E-state index contributed by atoms with van der Waals surface area (Å²) in [5.74, 6) is 0.392. The number of likely N-dealkylation sites (tertiary alicyclic amines) is 1. The van der Waals surface area contributed by atoms with E-state index in [0.29, 0.717) is 30.1 Å². The molecule has 4 rings (SSSR count). The van der Waals surface area contributed by atoms with Crippen LogP contribution in [0.25, 0.3) is 0 Å². The lowest BCUT2D eigenvalue weighted by Gasteiger charge is -2.42. The number of anilines is 1. The van der Waals surface area contributed by atoms with Crippen molar-refractivity contribution in [2.45, 2.75) is 83.4 Å². The second-order valence-electron chi connectivity index (χ2n) is 10.5. The van der Waals surface area contributed by atoms with Gasteiger partial charge in [0.05, 0.1) is 23.9 Å². The number of nitriles is 1. The average molecular weight is 475 g/mol. The molecule has 2 fully saturated rings. The fraction of sp³-hybridized carbons (Fsp3) is 0.500. The standard InChI is InChI=1S/C28H34N4O3/c1-28(2,3)35-27(34)31-16-15-25(31)26(33)32(24-13-9-20(17-29)10-14-24)19-23-12-11-22(18-30-23)21-7-5-4-6-8-21/h9-14,18,21,25H,4-8,15-16,19H2,1-3H3. The third-order valence-electron chi connectivity index (χ3n) is 6.75. The minimum Gasteiger partial charge on any atom is -0.444 e. The fourth-order valence-corrected chi connectivity index (χ4v) is 4.74. The van der Waals surface area contributed by atoms with Gasteiger partial charge in [0.25, 0.3) is 0 Å². The Morgan fingerprint density at radius 3 is 2.34 bits per heavy atom. The van der Waals surface area contributed by atoms with E-state index in [9.17, 15) is 14.9 Å². The van der Waals surface area contributed by atoms with E-state index in [1.165, 1.54) is 42.6 Å². The van der Waals surface area contributed by atoms with Crippen molar-refractivity contribution < 1.29 is 14.3 Å². The normalized spacial score (nSPS) is 18.3. The van der Waals surface area contributed by atoms with Crippen LogP contribution in [-0.2, 0) is 16.1 Å². The van der Waals surface area contributed by atoms with Crippen molar-refractivity contribution in [2.24, 2.45) is 0 Å². The van der Waals surface area contributed by atoms with Gasteiger partial charge in [-0.05, 0) is 81.8 Å². The van der Waals surface area contributed by atoms with Crippen LogP contribution in [0.1, 0.15) is 82.0 Å². The number of pyridine rings is 1. The van der Waals surface area contributed by atoms with Crippen LogP contribution in [0.5, 0.6) is 0 Å². The summed E-state index contributed by atoms with van der Waals surface area (Å²) in [4.78, 5) is 34.1. The van der Waals surface area contributed by atoms with Gasteiger partial charge < -0.3 is 9.64 Å². The number of benzene rings is 1. The van der Waals surface area contributed by atoms with Crippen LogP contribution in [0.4, 0.5) is 10.5 Å². The highest BCUT2D eigenvalue weighted by Crippen LogP contribution is 2.32. The van der Waals surface area contributed by atoms with Crippen LogP contribution in [0, 0.1) is 11.3 Å². The second kappa shape index (κ2) is 10.5. The Morgan fingerprint density at radius 1 is 1.09 bits per heavy atom. The van der Waals surface area contributed by atoms with Gasteiger partial charge in [-0.15, -0.1) is 0 Å². The van der Waals surface area contributed by atoms with E-state index in [0.717, 1.165) is 5.69 Å². The Morgan fingerprint density at radius 2 is 1.80 bits per heavy atom. The molecule has 2 heterocycles. The molecule has 1 aromatic carbocycles. The van der Waals surface area contributed by atoms with Crippen molar-refractivity contribution in [1.82, 2.24) is 9.88 Å². The lowest BCUT2D eigenvalue weighted by molar-refractivity contribution is -0.128. The van der Waals surface area contributed by atoms with Gasteiger partial charge in [0.1, 0.15) is 11.6 Å². The first kappa shape index (κ1) is 24.7. The highest BCUT2D eigenvalue weighted by Gasteiger charge is 2.42. The first-order chi connectivity index (χ1) is 16.7. The number of carbonyl (C=O) groups excluding carboxylic acids is 2. The summed E-state index contributed by atoms with van der Waals surface area (Å²) in [7, 11) is 0. The van der Waals surface area contributed by atoms with Crippen LogP contribution in [-0.4, -0.2) is 40.1 Å². The van der Waals surface area contributed by atoms with Gasteiger partial charge >= 0.3 is 6.09 Å². The summed E-state index contributed by atoms with van der Waals surface area (Å²) < 4.78 is 5.49. The molecule has 1 aromatic heterocycles. The molecular formula is C28H34N4O3. The summed E-state index contributed by atoms with van der Waals surface area (Å²) >= 11 is 0. The van der Waals surface area contributed by atoms with Crippen LogP contribution in [0.15, 0.2) is 42.6 Å². The summed E-state index contributed by atoms with van der Waals surface area (Å²) in [6.07, 6.45) is 8.31. The minimum absolute atomic E-state index is 0.176. The molecule has 1 unspecified atom stereocenters. The number of aromatic nitrogens is 1. The quantitative estimate of drug-likeness (QED) is 0.568. The Kier molecular flexibility index (Phi) is 7.39. The zero-order valence-corrected chi connectivity index (χ0v) is 20.9. The third kappa shape index (κ3) is 6.00. The summed E-state index contributed by atoms with van der Waals surface area (Å²) in [5.41, 5.74) is 2.61. The van der Waals surface area contributed by atoms with Gasteiger partial charge in [0.15, 0.2) is 0 Å². The smallest absolute Gasteiger partial charge is 0.410 e. The van der Waals surface area contributed by atoms with Crippen LogP contribution >= 0.6 is 0 Å². The van der Waals surface area contributed by atoms with E-state index in [2.05, 4.69) is 17.1 Å². The Labute approximate surface area is 207 Å². The van der Waals surface area contributed by atoms with Gasteiger partial charge in [-0.25, -0.2) is 4.79 Å². The molecule has 1 atom stereocenters. The lowest BCUT2D eigenvalue weighted by atomic mass is 9.85. The monoisotopic (exact) mass is 474 g/mol. The van der Waals surface area contributed by atoms with Gasteiger partial charge in [-0.1, -0.05) is 25.3 Å². The Bertz CT molecular complexity index is 1080. The molecule has 0 bridgehead atoms. The molecule has 0 radical (unpaired) electrons. The molecule has 1 saturated carbocycles. The maximum atomic E-state index is 13.7. The van der Waals surface area contributed by atoms with E-state index in [1.54, 1.807) is 29.2 Å². The zero-order chi connectivity index (χ0) is 25.0. The molecule has 0 N–H and O–H groups in total. The molecule has 184 valence electrons. The van der Waals surface area contributed by atoms with Crippen molar-refractivity contribution >= 4 is 17.7 Å². The number of carbonyl (C=O) groups is 2. The molecule has 0 spiro atoms. The van der Waals surface area contributed by atoms with Gasteiger partial charge in [-0.2, -0.15) is 5.26 Å². The minimum atomic E-state index is -0.628. The average Bonchev–Trinajstić information content (AvgIpc) is 2.81. The zero-order valence-electron chi connectivity index (χ0n) is 20.9. The predicted molar refractivity (Wildman–Crippen MR) is 134 cm³/mol. The number of nitrogens with zero attached hydrogens (tertiary/aromatic N) is 4. The molecule has 7 nitrogen and oxygen atoms in total. The Hall–Kier alpha value is -3.40. The van der Waals surface area contributed by atoms with Crippen molar-refractivity contribution in [3.8, 4) is 6.07 Å². The summed E-state index contributed by atoms with van der Waals surface area (Å²) in [6, 6.07) is 12.6. The molecule has 1 aliphatic carbocycles. The van der Waals surface area contributed by atoms with Crippen LogP contribution in [0.3, 0.4) is 0 Å². The summed E-state index contributed by atoms with van der Waals surface area (Å²) in [6.45, 7) is 6.21.